The fourth-order valence-corrected chi connectivity index (χ4v) is 4.61. The summed E-state index contributed by atoms with van der Waals surface area (Å²) in [4.78, 5) is 16.1. The molecule has 4 rings (SSSR count). The van der Waals surface area contributed by atoms with Crippen LogP contribution in [0.3, 0.4) is 0 Å². The Hall–Kier alpha value is -2.78. The van der Waals surface area contributed by atoms with Gasteiger partial charge < -0.3 is 19.5 Å². The zero-order valence-electron chi connectivity index (χ0n) is 19.1. The lowest BCUT2D eigenvalue weighted by Gasteiger charge is -2.38. The molecule has 1 unspecified atom stereocenters. The summed E-state index contributed by atoms with van der Waals surface area (Å²) in [6.07, 6.45) is -2.71. The van der Waals surface area contributed by atoms with Gasteiger partial charge in [-0.15, -0.1) is 0 Å². The summed E-state index contributed by atoms with van der Waals surface area (Å²) in [7, 11) is 1.59. The summed E-state index contributed by atoms with van der Waals surface area (Å²) in [5, 5.41) is 11.0. The first kappa shape index (κ1) is 24.3. The topological polar surface area (TPSA) is 62.2 Å². The Labute approximate surface area is 196 Å². The molecule has 9 heteroatoms. The first-order valence-electron chi connectivity index (χ1n) is 11.4. The lowest BCUT2D eigenvalue weighted by atomic mass is 9.83. The number of piperidine rings is 1. The van der Waals surface area contributed by atoms with Gasteiger partial charge in [0.15, 0.2) is 0 Å². The normalized spacial score (nSPS) is 20.9. The van der Waals surface area contributed by atoms with Gasteiger partial charge in [-0.1, -0.05) is 12.1 Å². The minimum atomic E-state index is -4.43. The summed E-state index contributed by atoms with van der Waals surface area (Å²) < 4.78 is 49.8. The second-order valence-corrected chi connectivity index (χ2v) is 8.91. The molecule has 2 fully saturated rings. The molecule has 1 atom stereocenters. The zero-order valence-corrected chi connectivity index (χ0v) is 19.1. The van der Waals surface area contributed by atoms with Gasteiger partial charge in [0.2, 0.25) is 0 Å². The van der Waals surface area contributed by atoms with Crippen molar-refractivity contribution >= 4 is 11.8 Å². The van der Waals surface area contributed by atoms with Gasteiger partial charge in [0.1, 0.15) is 11.9 Å². The number of benzene rings is 2. The highest BCUT2D eigenvalue weighted by Gasteiger charge is 2.37. The fraction of sp³-hybridized carbons (Fsp3) is 0.480. The third kappa shape index (κ3) is 5.47. The molecule has 0 aliphatic carbocycles. The van der Waals surface area contributed by atoms with Crippen LogP contribution >= 0.6 is 0 Å². The predicted molar refractivity (Wildman–Crippen MR) is 121 cm³/mol. The van der Waals surface area contributed by atoms with Crippen LogP contribution in [0.2, 0.25) is 0 Å². The van der Waals surface area contributed by atoms with Crippen LogP contribution in [-0.2, 0) is 16.5 Å². The van der Waals surface area contributed by atoms with Crippen LogP contribution in [0, 0.1) is 0 Å². The van der Waals surface area contributed by atoms with Crippen molar-refractivity contribution in [2.24, 2.45) is 0 Å². The third-order valence-corrected chi connectivity index (χ3v) is 6.67. The number of hydrogen-bond acceptors (Lipinski definition) is 5. The van der Waals surface area contributed by atoms with Crippen LogP contribution in [0.1, 0.15) is 36.8 Å². The van der Waals surface area contributed by atoms with Crippen molar-refractivity contribution in [1.29, 1.82) is 0 Å². The number of amides is 1. The number of anilines is 1. The average molecular weight is 479 g/mol. The number of nitrogens with zero attached hydrogens (tertiary/aromatic N) is 2. The Kier molecular flexibility index (Phi) is 7.04. The summed E-state index contributed by atoms with van der Waals surface area (Å²) in [5.41, 5.74) is -0.912. The van der Waals surface area contributed by atoms with Crippen LogP contribution in [0.5, 0.6) is 5.75 Å². The number of carbonyl (C=O) groups is 1. The monoisotopic (exact) mass is 478 g/mol. The first-order valence-corrected chi connectivity index (χ1v) is 11.4. The predicted octanol–water partition coefficient (Wildman–Crippen LogP) is 4.80. The van der Waals surface area contributed by atoms with Crippen molar-refractivity contribution in [2.75, 3.05) is 38.2 Å². The molecule has 2 aromatic rings. The Morgan fingerprint density at radius 1 is 1.15 bits per heavy atom. The lowest BCUT2D eigenvalue weighted by Crippen LogP contribution is -2.43. The number of halogens is 3. The van der Waals surface area contributed by atoms with E-state index in [1.54, 1.807) is 30.2 Å². The van der Waals surface area contributed by atoms with E-state index in [1.807, 2.05) is 12.1 Å². The second kappa shape index (κ2) is 9.84. The summed E-state index contributed by atoms with van der Waals surface area (Å²) >= 11 is 0. The van der Waals surface area contributed by atoms with Crippen LogP contribution < -0.4 is 9.64 Å². The lowest BCUT2D eigenvalue weighted by molar-refractivity contribution is -0.137. The van der Waals surface area contributed by atoms with Crippen molar-refractivity contribution in [2.45, 2.75) is 43.6 Å². The van der Waals surface area contributed by atoms with Crippen molar-refractivity contribution in [3.8, 4) is 5.75 Å². The summed E-state index contributed by atoms with van der Waals surface area (Å²) in [5.74, 6) is 0.717. The molecule has 2 saturated heterocycles. The molecular formula is C25H29F3N2O4. The molecule has 34 heavy (non-hydrogen) atoms. The molecule has 0 bridgehead atoms. The quantitative estimate of drug-likeness (QED) is 0.619. The Balaban J connectivity index is 1.24. The molecule has 2 aromatic carbocycles. The molecular weight excluding hydrogens is 449 g/mol. The first-order chi connectivity index (χ1) is 16.2. The molecule has 184 valence electrons. The van der Waals surface area contributed by atoms with Crippen LogP contribution in [0.15, 0.2) is 48.5 Å². The fourth-order valence-electron chi connectivity index (χ4n) is 4.61. The number of alkyl halides is 3. The molecule has 0 aromatic heterocycles. The minimum Gasteiger partial charge on any atom is -0.497 e. The van der Waals surface area contributed by atoms with E-state index in [1.165, 1.54) is 6.07 Å². The maximum atomic E-state index is 13.0. The van der Waals surface area contributed by atoms with Crippen LogP contribution in [-0.4, -0.2) is 55.5 Å². The van der Waals surface area contributed by atoms with Gasteiger partial charge in [-0.25, -0.2) is 4.79 Å². The molecule has 1 N–H and O–H groups in total. The maximum absolute atomic E-state index is 13.0. The van der Waals surface area contributed by atoms with Gasteiger partial charge in [-0.05, 0) is 74.2 Å². The van der Waals surface area contributed by atoms with Crippen molar-refractivity contribution in [3.63, 3.8) is 0 Å². The van der Waals surface area contributed by atoms with Crippen LogP contribution in [0.4, 0.5) is 23.7 Å². The second-order valence-electron chi connectivity index (χ2n) is 8.91. The molecule has 6 nitrogen and oxygen atoms in total. The largest absolute Gasteiger partial charge is 0.497 e. The van der Waals surface area contributed by atoms with Crippen molar-refractivity contribution in [1.82, 2.24) is 4.90 Å². The van der Waals surface area contributed by atoms with Gasteiger partial charge in [-0.2, -0.15) is 13.2 Å². The molecule has 0 radical (unpaired) electrons. The van der Waals surface area contributed by atoms with E-state index < -0.39 is 17.3 Å². The van der Waals surface area contributed by atoms with Gasteiger partial charge in [0.05, 0.1) is 24.8 Å². The highest BCUT2D eigenvalue weighted by Crippen LogP contribution is 2.37. The number of aliphatic hydroxyl groups is 1. The van der Waals surface area contributed by atoms with Gasteiger partial charge in [0.25, 0.3) is 0 Å². The smallest absolute Gasteiger partial charge is 0.416 e. The highest BCUT2D eigenvalue weighted by atomic mass is 19.4. The number of likely N-dealkylation sites (tertiary alicyclic amines) is 1. The Morgan fingerprint density at radius 2 is 1.85 bits per heavy atom. The van der Waals surface area contributed by atoms with E-state index in [4.69, 9.17) is 9.47 Å². The molecule has 2 aliphatic heterocycles. The number of ether oxygens (including phenoxy) is 2. The van der Waals surface area contributed by atoms with Crippen molar-refractivity contribution in [3.05, 3.63) is 59.7 Å². The molecule has 0 saturated carbocycles. The zero-order chi connectivity index (χ0) is 24.3. The van der Waals surface area contributed by atoms with E-state index in [2.05, 4.69) is 4.90 Å². The molecule has 2 heterocycles. The van der Waals surface area contributed by atoms with E-state index in [-0.39, 0.29) is 12.2 Å². The number of carbonyl (C=O) groups excluding carboxylic acids is 1. The number of methoxy groups -OCH3 is 1. The number of rotatable bonds is 7. The highest BCUT2D eigenvalue weighted by molar-refractivity contribution is 5.89. The van der Waals surface area contributed by atoms with E-state index in [0.29, 0.717) is 50.2 Å². The van der Waals surface area contributed by atoms with E-state index >= 15 is 0 Å². The van der Waals surface area contributed by atoms with E-state index in [0.717, 1.165) is 30.8 Å². The Bertz CT molecular complexity index is 988. The van der Waals surface area contributed by atoms with Crippen molar-refractivity contribution < 1.29 is 32.5 Å². The van der Waals surface area contributed by atoms with Crippen LogP contribution in [0.25, 0.3) is 0 Å². The molecule has 0 spiro atoms. The molecule has 2 aliphatic rings. The minimum absolute atomic E-state index is 0.193. The number of hydrogen-bond donors (Lipinski definition) is 1. The molecule has 1 amide bonds. The maximum Gasteiger partial charge on any atom is 0.416 e. The average Bonchev–Trinajstić information content (AvgIpc) is 3.20. The Morgan fingerprint density at radius 3 is 2.50 bits per heavy atom. The SMILES string of the molecule is COc1ccc(N2CC(CCCN3CCC(O)(c4cccc(C(F)(F)F)c4)CC3)OC2=O)cc1. The van der Waals surface area contributed by atoms with Gasteiger partial charge >= 0.3 is 12.3 Å². The standard InChI is InChI=1S/C25H29F3N2O4/c1-33-21-9-7-20(8-10-21)30-17-22(34-23(30)31)6-3-13-29-14-11-24(32,12-15-29)18-4-2-5-19(16-18)25(26,27)28/h2,4-5,7-10,16,22,32H,3,6,11-15,17H2,1H3. The van der Waals surface area contributed by atoms with Gasteiger partial charge in [-0.3, -0.25) is 4.90 Å². The van der Waals surface area contributed by atoms with Gasteiger partial charge in [0, 0.05) is 18.8 Å². The summed E-state index contributed by atoms with van der Waals surface area (Å²) in [6.45, 7) is 2.44. The number of cyclic esters (lactones) is 1. The summed E-state index contributed by atoms with van der Waals surface area (Å²) in [6, 6.07) is 12.2. The third-order valence-electron chi connectivity index (χ3n) is 6.67. The van der Waals surface area contributed by atoms with E-state index in [9.17, 15) is 23.1 Å².